The molecule has 19 heavy (non-hydrogen) atoms. The number of aromatic nitrogens is 2. The van der Waals surface area contributed by atoms with Crippen molar-refractivity contribution in [2.75, 3.05) is 30.1 Å². The van der Waals surface area contributed by atoms with Gasteiger partial charge in [0, 0.05) is 25.1 Å². The molecule has 0 saturated heterocycles. The van der Waals surface area contributed by atoms with Crippen LogP contribution in [0.25, 0.3) is 0 Å². The second kappa shape index (κ2) is 6.58. The lowest BCUT2D eigenvalue weighted by Gasteiger charge is -2.09. The molecule has 2 rings (SSSR count). The van der Waals surface area contributed by atoms with E-state index in [4.69, 9.17) is 5.84 Å². The summed E-state index contributed by atoms with van der Waals surface area (Å²) < 4.78 is 0. The van der Waals surface area contributed by atoms with E-state index in [1.165, 1.54) is 11.8 Å². The zero-order valence-corrected chi connectivity index (χ0v) is 11.6. The summed E-state index contributed by atoms with van der Waals surface area (Å²) in [5, 5.41) is 6.65. The van der Waals surface area contributed by atoms with Gasteiger partial charge < -0.3 is 16.1 Å². The highest BCUT2D eigenvalue weighted by atomic mass is 32.2. The van der Waals surface area contributed by atoms with Crippen molar-refractivity contribution in [1.82, 2.24) is 15.3 Å². The molecule has 1 aliphatic carbocycles. The fourth-order valence-corrected chi connectivity index (χ4v) is 1.93. The van der Waals surface area contributed by atoms with Crippen molar-refractivity contribution < 1.29 is 4.79 Å². The Bertz CT molecular complexity index is 429. The van der Waals surface area contributed by atoms with Crippen molar-refractivity contribution in [3.05, 3.63) is 6.07 Å². The number of rotatable bonds is 7. The third-order valence-electron chi connectivity index (χ3n) is 2.71. The summed E-state index contributed by atoms with van der Waals surface area (Å²) in [6.45, 7) is 1.20. The van der Waals surface area contributed by atoms with Gasteiger partial charge >= 0.3 is 0 Å². The van der Waals surface area contributed by atoms with Gasteiger partial charge in [-0.3, -0.25) is 4.79 Å². The zero-order chi connectivity index (χ0) is 13.7. The van der Waals surface area contributed by atoms with Gasteiger partial charge in [-0.05, 0) is 19.1 Å². The molecule has 1 aliphatic rings. The Balaban J connectivity index is 1.79. The molecule has 0 aromatic carbocycles. The molecule has 1 aromatic rings. The highest BCUT2D eigenvalue weighted by molar-refractivity contribution is 7.98. The number of carbonyl (C=O) groups excluding carboxylic acids is 1. The van der Waals surface area contributed by atoms with Gasteiger partial charge in [-0.25, -0.2) is 15.8 Å². The second-order valence-corrected chi connectivity index (χ2v) is 5.03. The third-order valence-corrected chi connectivity index (χ3v) is 3.26. The van der Waals surface area contributed by atoms with Gasteiger partial charge in [0.25, 0.3) is 0 Å². The fraction of sp³-hybridized carbons (Fsp3) is 0.545. The SMILES string of the molecule is CSc1nc(NN)cc(NCCNC(=O)C2CC2)n1. The molecule has 1 fully saturated rings. The van der Waals surface area contributed by atoms with Crippen LogP contribution in [-0.4, -0.2) is 35.2 Å². The quantitative estimate of drug-likeness (QED) is 0.189. The van der Waals surface area contributed by atoms with Gasteiger partial charge in [0.15, 0.2) is 5.16 Å². The smallest absolute Gasteiger partial charge is 0.223 e. The Labute approximate surface area is 116 Å². The Kier molecular flexibility index (Phi) is 4.80. The molecular formula is C11H18N6OS. The molecule has 5 N–H and O–H groups in total. The molecule has 0 unspecified atom stereocenters. The van der Waals surface area contributed by atoms with Gasteiger partial charge in [-0.2, -0.15) is 0 Å². The molecular weight excluding hydrogens is 264 g/mol. The number of hydrazine groups is 1. The van der Waals surface area contributed by atoms with Crippen molar-refractivity contribution in [3.63, 3.8) is 0 Å². The van der Waals surface area contributed by atoms with Crippen molar-refractivity contribution in [2.45, 2.75) is 18.0 Å². The van der Waals surface area contributed by atoms with Crippen LogP contribution in [0.4, 0.5) is 11.6 Å². The molecule has 0 radical (unpaired) electrons. The van der Waals surface area contributed by atoms with E-state index in [1.54, 1.807) is 6.07 Å². The molecule has 8 heteroatoms. The number of nitrogens with two attached hydrogens (primary N) is 1. The predicted molar refractivity (Wildman–Crippen MR) is 75.8 cm³/mol. The Morgan fingerprint density at radius 1 is 1.42 bits per heavy atom. The lowest BCUT2D eigenvalue weighted by molar-refractivity contribution is -0.122. The van der Waals surface area contributed by atoms with Gasteiger partial charge in [0.1, 0.15) is 11.6 Å². The normalized spacial score (nSPS) is 14.0. The van der Waals surface area contributed by atoms with Crippen molar-refractivity contribution in [1.29, 1.82) is 0 Å². The van der Waals surface area contributed by atoms with Crippen LogP contribution in [0.1, 0.15) is 12.8 Å². The minimum absolute atomic E-state index is 0.151. The standard InChI is InChI=1S/C11H18N6OS/c1-19-11-15-8(6-9(16-11)17-12)13-4-5-14-10(18)7-2-3-7/h6-7H,2-5,12H2,1H3,(H,14,18)(H2,13,15,16,17). The van der Waals surface area contributed by atoms with Crippen LogP contribution in [0.15, 0.2) is 11.2 Å². The first-order chi connectivity index (χ1) is 9.22. The summed E-state index contributed by atoms with van der Waals surface area (Å²) in [7, 11) is 0. The average Bonchev–Trinajstić information content (AvgIpc) is 3.27. The maximum absolute atomic E-state index is 11.4. The molecule has 1 amide bonds. The average molecular weight is 282 g/mol. The van der Waals surface area contributed by atoms with E-state index in [9.17, 15) is 4.79 Å². The fourth-order valence-electron chi connectivity index (χ4n) is 1.55. The lowest BCUT2D eigenvalue weighted by Crippen LogP contribution is -2.30. The second-order valence-electron chi connectivity index (χ2n) is 4.26. The van der Waals surface area contributed by atoms with Crippen LogP contribution < -0.4 is 21.9 Å². The largest absolute Gasteiger partial charge is 0.368 e. The summed E-state index contributed by atoms with van der Waals surface area (Å²) in [5.74, 6) is 6.99. The van der Waals surface area contributed by atoms with Crippen LogP contribution in [0, 0.1) is 5.92 Å². The van der Waals surface area contributed by atoms with Crippen LogP contribution >= 0.6 is 11.8 Å². The van der Waals surface area contributed by atoms with Crippen LogP contribution in [0.2, 0.25) is 0 Å². The van der Waals surface area contributed by atoms with E-state index >= 15 is 0 Å². The summed E-state index contributed by atoms with van der Waals surface area (Å²) in [4.78, 5) is 19.9. The van der Waals surface area contributed by atoms with Gasteiger partial charge in [0.05, 0.1) is 0 Å². The van der Waals surface area contributed by atoms with Gasteiger partial charge in [-0.1, -0.05) is 11.8 Å². The maximum Gasteiger partial charge on any atom is 0.223 e. The highest BCUT2D eigenvalue weighted by Crippen LogP contribution is 2.28. The topological polar surface area (TPSA) is 105 Å². The number of hydrogen-bond acceptors (Lipinski definition) is 7. The molecule has 1 heterocycles. The van der Waals surface area contributed by atoms with E-state index in [1.807, 2.05) is 6.26 Å². The maximum atomic E-state index is 11.4. The van der Waals surface area contributed by atoms with E-state index in [2.05, 4.69) is 26.0 Å². The van der Waals surface area contributed by atoms with Crippen LogP contribution in [0.5, 0.6) is 0 Å². The Hall–Kier alpha value is -1.54. The van der Waals surface area contributed by atoms with E-state index in [0.717, 1.165) is 12.8 Å². The first-order valence-corrected chi connectivity index (χ1v) is 7.36. The van der Waals surface area contributed by atoms with E-state index in [-0.39, 0.29) is 11.8 Å². The Morgan fingerprint density at radius 3 is 2.79 bits per heavy atom. The summed E-state index contributed by atoms with van der Waals surface area (Å²) in [6.07, 6.45) is 3.94. The summed E-state index contributed by atoms with van der Waals surface area (Å²) in [5.41, 5.74) is 2.50. The van der Waals surface area contributed by atoms with Crippen molar-refractivity contribution >= 4 is 29.3 Å². The number of nitrogen functional groups attached to an aromatic ring is 1. The highest BCUT2D eigenvalue weighted by Gasteiger charge is 2.28. The Morgan fingerprint density at radius 2 is 2.16 bits per heavy atom. The summed E-state index contributed by atoms with van der Waals surface area (Å²) >= 11 is 1.44. The third kappa shape index (κ3) is 4.25. The van der Waals surface area contributed by atoms with Crippen LogP contribution in [0.3, 0.4) is 0 Å². The molecule has 0 spiro atoms. The van der Waals surface area contributed by atoms with E-state index < -0.39 is 0 Å². The first-order valence-electron chi connectivity index (χ1n) is 6.14. The molecule has 7 nitrogen and oxygen atoms in total. The molecule has 0 bridgehead atoms. The number of nitrogens with one attached hydrogen (secondary N) is 3. The molecule has 1 saturated carbocycles. The minimum Gasteiger partial charge on any atom is -0.368 e. The van der Waals surface area contributed by atoms with Crippen molar-refractivity contribution in [3.8, 4) is 0 Å². The zero-order valence-electron chi connectivity index (χ0n) is 10.8. The van der Waals surface area contributed by atoms with Gasteiger partial charge in [0.2, 0.25) is 5.91 Å². The number of carbonyl (C=O) groups is 1. The number of thioether (sulfide) groups is 1. The van der Waals surface area contributed by atoms with Gasteiger partial charge in [-0.15, -0.1) is 0 Å². The molecule has 0 aliphatic heterocycles. The predicted octanol–water partition coefficient (Wildman–Crippen LogP) is 0.422. The number of hydrogen-bond donors (Lipinski definition) is 4. The molecule has 0 atom stereocenters. The lowest BCUT2D eigenvalue weighted by atomic mass is 10.4. The number of amides is 1. The molecule has 104 valence electrons. The monoisotopic (exact) mass is 282 g/mol. The number of nitrogens with zero attached hydrogens (tertiary/aromatic N) is 2. The van der Waals surface area contributed by atoms with E-state index in [0.29, 0.717) is 29.9 Å². The molecule has 1 aromatic heterocycles. The first kappa shape index (κ1) is 13.9. The summed E-state index contributed by atoms with van der Waals surface area (Å²) in [6, 6.07) is 1.72. The van der Waals surface area contributed by atoms with Crippen molar-refractivity contribution in [2.24, 2.45) is 11.8 Å². The minimum atomic E-state index is 0.151. The number of anilines is 2. The van der Waals surface area contributed by atoms with Crippen LogP contribution in [-0.2, 0) is 4.79 Å².